The highest BCUT2D eigenvalue weighted by atomic mass is 19.4. The normalized spacial score (nSPS) is 21.4. The van der Waals surface area contributed by atoms with E-state index in [9.17, 15) is 32.3 Å². The van der Waals surface area contributed by atoms with Gasteiger partial charge in [0, 0.05) is 43.2 Å². The lowest BCUT2D eigenvalue weighted by atomic mass is 9.94. The smallest absolute Gasteiger partial charge is 0.418 e. The molecule has 2 aromatic rings. The molecule has 3 aliphatic rings. The summed E-state index contributed by atoms with van der Waals surface area (Å²) in [4.78, 5) is 54.4. The average Bonchev–Trinajstić information content (AvgIpc) is 3.68. The minimum atomic E-state index is -4.89. The molecule has 41 heavy (non-hydrogen) atoms. The molecule has 2 aromatic carbocycles. The highest BCUT2D eigenvalue weighted by Gasteiger charge is 2.58. The van der Waals surface area contributed by atoms with E-state index in [2.05, 4.69) is 5.32 Å². The van der Waals surface area contributed by atoms with Gasteiger partial charge in [0.05, 0.1) is 0 Å². The number of amides is 4. The molecule has 0 unspecified atom stereocenters. The SMILES string of the molecule is C[C@@H](C1CC1)N(Cc1ccccc1)C(=O)CCN1C(=O)O[C@]2(CCc3cc(NC(=O)[C@@H](N)C(F)(F)F)ccc32)C1=O. The summed E-state index contributed by atoms with van der Waals surface area (Å²) in [5, 5.41) is 2.14. The van der Waals surface area contributed by atoms with Gasteiger partial charge >= 0.3 is 12.3 Å². The number of carbonyl (C=O) groups is 4. The van der Waals surface area contributed by atoms with Crippen molar-refractivity contribution in [1.82, 2.24) is 9.80 Å². The Hall–Kier alpha value is -3.93. The minimum Gasteiger partial charge on any atom is -0.427 e. The number of hydrogen-bond donors (Lipinski definition) is 2. The van der Waals surface area contributed by atoms with Crippen LogP contribution in [-0.4, -0.2) is 58.4 Å². The summed E-state index contributed by atoms with van der Waals surface area (Å²) in [5.41, 5.74) is 5.40. The van der Waals surface area contributed by atoms with Crippen molar-refractivity contribution in [1.29, 1.82) is 0 Å². The first-order chi connectivity index (χ1) is 19.4. The lowest BCUT2D eigenvalue weighted by Gasteiger charge is -2.30. The highest BCUT2D eigenvalue weighted by molar-refractivity contribution is 6.04. The van der Waals surface area contributed by atoms with Crippen molar-refractivity contribution in [3.63, 3.8) is 0 Å². The fourth-order valence-corrected chi connectivity index (χ4v) is 5.58. The van der Waals surface area contributed by atoms with E-state index >= 15 is 0 Å². The van der Waals surface area contributed by atoms with E-state index in [1.807, 2.05) is 37.3 Å². The summed E-state index contributed by atoms with van der Waals surface area (Å²) in [5.74, 6) is -1.74. The first-order valence-electron chi connectivity index (χ1n) is 13.6. The third-order valence-electron chi connectivity index (χ3n) is 8.12. The molecule has 0 bridgehead atoms. The van der Waals surface area contributed by atoms with Crippen LogP contribution < -0.4 is 11.1 Å². The molecule has 0 radical (unpaired) electrons. The van der Waals surface area contributed by atoms with E-state index < -0.39 is 35.7 Å². The first-order valence-corrected chi connectivity index (χ1v) is 13.6. The molecule has 218 valence electrons. The van der Waals surface area contributed by atoms with Crippen molar-refractivity contribution < 1.29 is 37.1 Å². The van der Waals surface area contributed by atoms with E-state index in [-0.39, 0.29) is 37.0 Å². The van der Waals surface area contributed by atoms with Crippen LogP contribution in [0.1, 0.15) is 49.3 Å². The summed E-state index contributed by atoms with van der Waals surface area (Å²) < 4.78 is 43.9. The molecule has 3 N–H and O–H groups in total. The number of aryl methyl sites for hydroxylation is 1. The number of benzene rings is 2. The number of carbonyl (C=O) groups excluding carboxylic acids is 4. The maximum Gasteiger partial charge on any atom is 0.418 e. The second kappa shape index (κ2) is 10.8. The number of nitrogens with one attached hydrogen (secondary N) is 1. The molecule has 2 aliphatic carbocycles. The maximum absolute atomic E-state index is 13.5. The minimum absolute atomic E-state index is 0.0253. The topological polar surface area (TPSA) is 122 Å². The summed E-state index contributed by atoms with van der Waals surface area (Å²) in [7, 11) is 0. The van der Waals surface area contributed by atoms with E-state index in [4.69, 9.17) is 10.5 Å². The van der Waals surface area contributed by atoms with Crippen LogP contribution in [0.15, 0.2) is 48.5 Å². The number of alkyl halides is 3. The molecule has 9 nitrogen and oxygen atoms in total. The molecular weight excluding hydrogens is 541 g/mol. The lowest BCUT2D eigenvalue weighted by Crippen LogP contribution is -2.47. The number of halogens is 3. The van der Waals surface area contributed by atoms with Gasteiger partial charge in [0.15, 0.2) is 6.04 Å². The van der Waals surface area contributed by atoms with Crippen LogP contribution in [0.3, 0.4) is 0 Å². The van der Waals surface area contributed by atoms with E-state index in [0.717, 1.165) is 23.3 Å². The zero-order chi connectivity index (χ0) is 29.5. The third-order valence-corrected chi connectivity index (χ3v) is 8.12. The lowest BCUT2D eigenvalue weighted by molar-refractivity contribution is -0.159. The van der Waals surface area contributed by atoms with Gasteiger partial charge in [-0.05, 0) is 55.4 Å². The molecule has 2 fully saturated rings. The van der Waals surface area contributed by atoms with Crippen molar-refractivity contribution in [2.24, 2.45) is 11.7 Å². The van der Waals surface area contributed by atoms with Crippen LogP contribution in [0.4, 0.5) is 23.7 Å². The molecule has 1 spiro atoms. The number of ether oxygens (including phenoxy) is 1. The Bertz CT molecular complexity index is 1360. The Morgan fingerprint density at radius 2 is 1.88 bits per heavy atom. The van der Waals surface area contributed by atoms with Gasteiger partial charge in [0.2, 0.25) is 11.5 Å². The number of imide groups is 1. The number of rotatable bonds is 9. The Morgan fingerprint density at radius 1 is 1.17 bits per heavy atom. The molecule has 1 saturated heterocycles. The number of nitrogens with zero attached hydrogens (tertiary/aromatic N) is 2. The fourth-order valence-electron chi connectivity index (χ4n) is 5.58. The van der Waals surface area contributed by atoms with Crippen LogP contribution in [-0.2, 0) is 37.7 Å². The molecule has 0 aromatic heterocycles. The van der Waals surface area contributed by atoms with Gasteiger partial charge in [-0.25, -0.2) is 9.69 Å². The molecule has 1 saturated carbocycles. The van der Waals surface area contributed by atoms with Crippen molar-refractivity contribution in [3.05, 3.63) is 65.2 Å². The Labute approximate surface area is 234 Å². The van der Waals surface area contributed by atoms with Crippen LogP contribution in [0.2, 0.25) is 0 Å². The summed E-state index contributed by atoms with van der Waals surface area (Å²) in [6.45, 7) is 2.31. The Morgan fingerprint density at radius 3 is 2.54 bits per heavy atom. The molecule has 1 heterocycles. The first kappa shape index (κ1) is 28.6. The largest absolute Gasteiger partial charge is 0.427 e. The summed E-state index contributed by atoms with van der Waals surface area (Å²) >= 11 is 0. The summed E-state index contributed by atoms with van der Waals surface area (Å²) in [6, 6.07) is 11.2. The van der Waals surface area contributed by atoms with Crippen molar-refractivity contribution in [3.8, 4) is 0 Å². The summed E-state index contributed by atoms with van der Waals surface area (Å²) in [6.07, 6.45) is -3.27. The van der Waals surface area contributed by atoms with Crippen LogP contribution in [0, 0.1) is 5.92 Å². The van der Waals surface area contributed by atoms with Gasteiger partial charge in [0.25, 0.3) is 11.8 Å². The average molecular weight is 573 g/mol. The molecule has 3 atom stereocenters. The van der Waals surface area contributed by atoms with E-state index in [0.29, 0.717) is 30.0 Å². The highest BCUT2D eigenvalue weighted by Crippen LogP contribution is 2.46. The molecule has 1 aliphatic heterocycles. The van der Waals surface area contributed by atoms with Gasteiger partial charge in [-0.15, -0.1) is 0 Å². The predicted octanol–water partition coefficient (Wildman–Crippen LogP) is 3.85. The quantitative estimate of drug-likeness (QED) is 0.471. The van der Waals surface area contributed by atoms with Crippen molar-refractivity contribution in [2.45, 2.75) is 69.4 Å². The zero-order valence-electron chi connectivity index (χ0n) is 22.4. The van der Waals surface area contributed by atoms with E-state index in [1.165, 1.54) is 18.2 Å². The Balaban J connectivity index is 1.27. The third kappa shape index (κ3) is 5.65. The number of nitrogens with two attached hydrogens (primary N) is 1. The van der Waals surface area contributed by atoms with E-state index in [1.54, 1.807) is 4.90 Å². The van der Waals surface area contributed by atoms with Gasteiger partial charge in [-0.2, -0.15) is 13.2 Å². The van der Waals surface area contributed by atoms with Crippen molar-refractivity contribution >= 4 is 29.5 Å². The van der Waals surface area contributed by atoms with Gasteiger partial charge in [0.1, 0.15) is 0 Å². The van der Waals surface area contributed by atoms with Crippen LogP contribution in [0.5, 0.6) is 0 Å². The van der Waals surface area contributed by atoms with Crippen molar-refractivity contribution in [2.75, 3.05) is 11.9 Å². The van der Waals surface area contributed by atoms with Gasteiger partial charge in [-0.3, -0.25) is 14.4 Å². The molecule has 4 amide bonds. The number of hydrogen-bond acceptors (Lipinski definition) is 6. The number of anilines is 1. The molecular formula is C29H31F3N4O5. The Kier molecular flexibility index (Phi) is 7.54. The van der Waals surface area contributed by atoms with Crippen LogP contribution in [0.25, 0.3) is 0 Å². The second-order valence-corrected chi connectivity index (χ2v) is 10.9. The predicted molar refractivity (Wildman–Crippen MR) is 141 cm³/mol. The second-order valence-electron chi connectivity index (χ2n) is 10.9. The fraction of sp³-hybridized carbons (Fsp3) is 0.448. The molecule has 5 rings (SSSR count). The monoisotopic (exact) mass is 572 g/mol. The van der Waals surface area contributed by atoms with Gasteiger partial charge < -0.3 is 20.7 Å². The zero-order valence-corrected chi connectivity index (χ0v) is 22.4. The number of fused-ring (bicyclic) bond motifs is 2. The van der Waals surface area contributed by atoms with Crippen LogP contribution >= 0.6 is 0 Å². The maximum atomic E-state index is 13.5. The standard InChI is InChI=1S/C29H31F3N4O5/c1-17(19-7-8-19)36(16-18-5-3-2-4-6-18)23(37)12-14-35-26(39)28(41-27(35)40)13-11-20-15-21(9-10-22(20)28)34-25(38)24(33)29(30,31)32/h2-6,9-10,15,17,19,24H,7-8,11-14,16,33H2,1H3,(H,34,38)/t17-,24+,28-/m0/s1. The molecule has 12 heteroatoms. The van der Waals surface area contributed by atoms with Gasteiger partial charge in [-0.1, -0.05) is 36.4 Å².